The highest BCUT2D eigenvalue weighted by Crippen LogP contribution is 2.15. The summed E-state index contributed by atoms with van der Waals surface area (Å²) >= 11 is 0. The van der Waals surface area contributed by atoms with Crippen molar-refractivity contribution < 1.29 is 27.8 Å². The summed E-state index contributed by atoms with van der Waals surface area (Å²) in [6, 6.07) is 5.69. The first-order valence-corrected chi connectivity index (χ1v) is 7.54. The molecule has 118 valence electrons. The number of ether oxygens (including phenoxy) is 2. The molecule has 21 heavy (non-hydrogen) atoms. The number of carbonyl (C=O) groups excluding carboxylic acids is 1. The first-order chi connectivity index (χ1) is 9.86. The van der Waals surface area contributed by atoms with E-state index in [1.165, 1.54) is 24.3 Å². The lowest BCUT2D eigenvalue weighted by Crippen LogP contribution is -2.39. The minimum absolute atomic E-state index is 0.0155. The van der Waals surface area contributed by atoms with Crippen molar-refractivity contribution in [1.82, 2.24) is 4.72 Å². The molecule has 0 saturated carbocycles. The average Bonchev–Trinajstić information content (AvgIpc) is 2.45. The van der Waals surface area contributed by atoms with Crippen LogP contribution in [0.5, 0.6) is 5.75 Å². The molecule has 9 heteroatoms. The summed E-state index contributed by atoms with van der Waals surface area (Å²) in [7, 11) is -2.28. The van der Waals surface area contributed by atoms with E-state index in [4.69, 9.17) is 20.3 Å². The fourth-order valence-electron chi connectivity index (χ4n) is 1.33. The van der Waals surface area contributed by atoms with Gasteiger partial charge < -0.3 is 20.3 Å². The molecule has 1 aromatic carbocycles. The lowest BCUT2D eigenvalue weighted by Gasteiger charge is -2.10. The van der Waals surface area contributed by atoms with E-state index in [9.17, 15) is 13.2 Å². The fraction of sp³-hybridized carbons (Fsp3) is 0.417. The van der Waals surface area contributed by atoms with Gasteiger partial charge in [-0.25, -0.2) is 13.1 Å². The highest BCUT2D eigenvalue weighted by atomic mass is 32.2. The molecule has 1 atom stereocenters. The molecule has 0 fully saturated rings. The van der Waals surface area contributed by atoms with Crippen LogP contribution >= 0.6 is 0 Å². The number of hydrogen-bond acceptors (Lipinski definition) is 6. The molecular formula is C12H18N2O6S. The summed E-state index contributed by atoms with van der Waals surface area (Å²) in [5.74, 6) is -0.497. The van der Waals surface area contributed by atoms with Gasteiger partial charge in [0.1, 0.15) is 18.5 Å². The van der Waals surface area contributed by atoms with Crippen LogP contribution in [0.25, 0.3) is 0 Å². The van der Waals surface area contributed by atoms with Gasteiger partial charge in [-0.3, -0.25) is 4.79 Å². The van der Waals surface area contributed by atoms with Crippen molar-refractivity contribution in [1.29, 1.82) is 0 Å². The molecule has 1 amide bonds. The van der Waals surface area contributed by atoms with Gasteiger partial charge in [-0.2, -0.15) is 0 Å². The Morgan fingerprint density at radius 3 is 2.48 bits per heavy atom. The minimum atomic E-state index is -3.83. The molecular weight excluding hydrogens is 300 g/mol. The second-order valence-corrected chi connectivity index (χ2v) is 5.85. The van der Waals surface area contributed by atoms with Crippen molar-refractivity contribution in [3.8, 4) is 5.75 Å². The van der Waals surface area contributed by atoms with Gasteiger partial charge >= 0.3 is 0 Å². The molecule has 1 unspecified atom stereocenters. The van der Waals surface area contributed by atoms with Crippen LogP contribution in [0, 0.1) is 0 Å². The molecule has 1 rings (SSSR count). The number of nitrogens with two attached hydrogens (primary N) is 1. The summed E-state index contributed by atoms with van der Waals surface area (Å²) in [6.45, 7) is 0.294. The lowest BCUT2D eigenvalue weighted by atomic mass is 10.3. The molecule has 0 saturated heterocycles. The molecule has 0 heterocycles. The molecule has 1 aromatic rings. The van der Waals surface area contributed by atoms with Crippen LogP contribution in [-0.2, 0) is 19.6 Å². The van der Waals surface area contributed by atoms with Gasteiger partial charge in [-0.1, -0.05) is 0 Å². The number of carbonyl (C=O) groups is 1. The van der Waals surface area contributed by atoms with Crippen LogP contribution in [0.2, 0.25) is 0 Å². The maximum absolute atomic E-state index is 11.9. The van der Waals surface area contributed by atoms with Crippen LogP contribution in [0.3, 0.4) is 0 Å². The Kier molecular flexibility index (Phi) is 6.56. The highest BCUT2D eigenvalue weighted by Gasteiger charge is 2.18. The van der Waals surface area contributed by atoms with Crippen molar-refractivity contribution in [2.45, 2.75) is 11.0 Å². The van der Waals surface area contributed by atoms with Crippen LogP contribution < -0.4 is 15.2 Å². The normalized spacial score (nSPS) is 12.9. The Morgan fingerprint density at radius 1 is 1.33 bits per heavy atom. The van der Waals surface area contributed by atoms with E-state index in [1.54, 1.807) is 7.11 Å². The number of nitrogens with one attached hydrogen (secondary N) is 1. The van der Waals surface area contributed by atoms with Gasteiger partial charge in [-0.15, -0.1) is 0 Å². The number of aliphatic hydroxyl groups excluding tert-OH is 1. The maximum Gasteiger partial charge on any atom is 0.247 e. The monoisotopic (exact) mass is 318 g/mol. The number of sulfonamides is 1. The second kappa shape index (κ2) is 7.93. The first-order valence-electron chi connectivity index (χ1n) is 6.05. The number of benzene rings is 1. The number of rotatable bonds is 9. The Balaban J connectivity index is 2.64. The van der Waals surface area contributed by atoms with Gasteiger partial charge in [0, 0.05) is 13.7 Å². The van der Waals surface area contributed by atoms with E-state index < -0.39 is 28.6 Å². The molecule has 4 N–H and O–H groups in total. The van der Waals surface area contributed by atoms with Gasteiger partial charge in [0.25, 0.3) is 0 Å². The van der Waals surface area contributed by atoms with Gasteiger partial charge in [0.15, 0.2) is 0 Å². The molecule has 0 bridgehead atoms. The smallest absolute Gasteiger partial charge is 0.247 e. The highest BCUT2D eigenvalue weighted by molar-refractivity contribution is 7.89. The molecule has 0 radical (unpaired) electrons. The van der Waals surface area contributed by atoms with E-state index in [2.05, 4.69) is 4.72 Å². The Labute approximate surface area is 122 Å². The predicted molar refractivity (Wildman–Crippen MR) is 74.2 cm³/mol. The third-order valence-corrected chi connectivity index (χ3v) is 3.92. The van der Waals surface area contributed by atoms with Crippen molar-refractivity contribution >= 4 is 15.9 Å². The standard InChI is InChI=1S/C12H18N2O6S/c1-19-6-7-20-9-2-4-10(5-3-9)21(17,18)14-8-11(15)12(13)16/h2-5,11,14-15H,6-8H2,1H3,(H2,13,16). The number of primary amides is 1. The van der Waals surface area contributed by atoms with Crippen molar-refractivity contribution in [2.24, 2.45) is 5.73 Å². The Morgan fingerprint density at radius 2 is 1.95 bits per heavy atom. The minimum Gasteiger partial charge on any atom is -0.491 e. The summed E-state index contributed by atoms with van der Waals surface area (Å²) in [5, 5.41) is 9.17. The van der Waals surface area contributed by atoms with Crippen LogP contribution in [0.15, 0.2) is 29.2 Å². The van der Waals surface area contributed by atoms with Crippen molar-refractivity contribution in [3.63, 3.8) is 0 Å². The largest absolute Gasteiger partial charge is 0.491 e. The van der Waals surface area contributed by atoms with E-state index in [0.29, 0.717) is 19.0 Å². The Hall–Kier alpha value is -1.68. The molecule has 0 aliphatic heterocycles. The fourth-order valence-corrected chi connectivity index (χ4v) is 2.37. The number of hydrogen-bond donors (Lipinski definition) is 3. The molecule has 8 nitrogen and oxygen atoms in total. The SMILES string of the molecule is COCCOc1ccc(S(=O)(=O)NCC(O)C(N)=O)cc1. The maximum atomic E-state index is 11.9. The van der Waals surface area contributed by atoms with Crippen molar-refractivity contribution in [3.05, 3.63) is 24.3 Å². The second-order valence-electron chi connectivity index (χ2n) is 4.08. The molecule has 0 spiro atoms. The summed E-state index contributed by atoms with van der Waals surface area (Å²) < 4.78 is 36.0. The summed E-state index contributed by atoms with van der Waals surface area (Å²) in [5.41, 5.74) is 4.83. The molecule has 0 aliphatic rings. The third kappa shape index (κ3) is 5.68. The zero-order chi connectivity index (χ0) is 15.9. The van der Waals surface area contributed by atoms with Crippen LogP contribution in [0.4, 0.5) is 0 Å². The Bertz CT molecular complexity index is 558. The molecule has 0 aliphatic carbocycles. The number of methoxy groups -OCH3 is 1. The van der Waals surface area contributed by atoms with Crippen LogP contribution in [-0.4, -0.2) is 52.4 Å². The predicted octanol–water partition coefficient (Wildman–Crippen LogP) is -1.16. The molecule has 0 aromatic heterocycles. The lowest BCUT2D eigenvalue weighted by molar-refractivity contribution is -0.125. The summed E-state index contributed by atoms with van der Waals surface area (Å²) in [4.78, 5) is 10.6. The van der Waals surface area contributed by atoms with Gasteiger partial charge in [0.05, 0.1) is 11.5 Å². The van der Waals surface area contributed by atoms with Gasteiger partial charge in [-0.05, 0) is 24.3 Å². The van der Waals surface area contributed by atoms with E-state index in [-0.39, 0.29) is 4.90 Å². The quantitative estimate of drug-likeness (QED) is 0.493. The van der Waals surface area contributed by atoms with Gasteiger partial charge in [0.2, 0.25) is 15.9 Å². The number of amides is 1. The summed E-state index contributed by atoms with van der Waals surface area (Å²) in [6.07, 6.45) is -1.57. The van der Waals surface area contributed by atoms with E-state index >= 15 is 0 Å². The van der Waals surface area contributed by atoms with E-state index in [0.717, 1.165) is 0 Å². The third-order valence-electron chi connectivity index (χ3n) is 2.49. The topological polar surface area (TPSA) is 128 Å². The van der Waals surface area contributed by atoms with E-state index in [1.807, 2.05) is 0 Å². The zero-order valence-electron chi connectivity index (χ0n) is 11.5. The van der Waals surface area contributed by atoms with Crippen LogP contribution in [0.1, 0.15) is 0 Å². The average molecular weight is 318 g/mol. The first kappa shape index (κ1) is 17.4. The number of aliphatic hydroxyl groups is 1. The zero-order valence-corrected chi connectivity index (χ0v) is 12.3. The van der Waals surface area contributed by atoms with Crippen molar-refractivity contribution in [2.75, 3.05) is 26.9 Å².